The van der Waals surface area contributed by atoms with Crippen LogP contribution in [0.2, 0.25) is 0 Å². The first-order valence-electron chi connectivity index (χ1n) is 12.3. The van der Waals surface area contributed by atoms with Crippen molar-refractivity contribution in [2.24, 2.45) is 27.9 Å². The minimum absolute atomic E-state index is 0.0699. The number of benzene rings is 1. The molecule has 8 heteroatoms. The van der Waals surface area contributed by atoms with Crippen molar-refractivity contribution < 1.29 is 14.0 Å². The van der Waals surface area contributed by atoms with Crippen LogP contribution < -0.4 is 11.1 Å². The highest BCUT2D eigenvalue weighted by molar-refractivity contribution is 6.00. The molecule has 0 radical (unpaired) electrons. The first-order chi connectivity index (χ1) is 16.1. The van der Waals surface area contributed by atoms with E-state index >= 15 is 0 Å². The molecule has 1 aromatic heterocycles. The summed E-state index contributed by atoms with van der Waals surface area (Å²) in [5, 5.41) is 8.03. The molecule has 4 fully saturated rings. The first kappa shape index (κ1) is 20.5. The number of urea groups is 1. The molecule has 2 heterocycles. The molecule has 0 saturated heterocycles. The third kappa shape index (κ3) is 2.25. The molecule has 1 spiro atoms. The van der Waals surface area contributed by atoms with Crippen LogP contribution in [0.3, 0.4) is 0 Å². The molecule has 3 amide bonds. The maximum atomic E-state index is 13.8. The number of hydrogen-bond acceptors (Lipinski definition) is 3. The minimum atomic E-state index is -0.618. The van der Waals surface area contributed by atoms with Crippen LogP contribution in [0.1, 0.15) is 62.0 Å². The van der Waals surface area contributed by atoms with Gasteiger partial charge in [0.25, 0.3) is 5.91 Å². The summed E-state index contributed by atoms with van der Waals surface area (Å²) in [5.74, 6) is -0.282. The lowest BCUT2D eigenvalue weighted by atomic mass is 9.26. The van der Waals surface area contributed by atoms with Gasteiger partial charge >= 0.3 is 6.03 Å². The number of carbonyl (C=O) groups is 2. The fourth-order valence-electron chi connectivity index (χ4n) is 9.66. The molecular weight excluding hydrogens is 433 g/mol. The van der Waals surface area contributed by atoms with E-state index < -0.39 is 11.7 Å². The Kier molecular flexibility index (Phi) is 3.62. The van der Waals surface area contributed by atoms with Crippen molar-refractivity contribution in [3.8, 4) is 11.3 Å². The van der Waals surface area contributed by atoms with Gasteiger partial charge in [0.15, 0.2) is 0 Å². The number of fused-ring (bicyclic) bond motifs is 2. The lowest BCUT2D eigenvalue weighted by molar-refractivity contribution is -0.301. The number of nitrogens with zero attached hydrogens (tertiary/aromatic N) is 3. The van der Waals surface area contributed by atoms with Crippen LogP contribution in [0.15, 0.2) is 24.3 Å². The fourth-order valence-corrected chi connectivity index (χ4v) is 9.66. The summed E-state index contributed by atoms with van der Waals surface area (Å²) >= 11 is 0. The molecule has 5 atom stereocenters. The number of aromatic nitrogens is 2. The quantitative estimate of drug-likeness (QED) is 0.727. The lowest BCUT2D eigenvalue weighted by Gasteiger charge is -2.78. The van der Waals surface area contributed by atoms with Gasteiger partial charge in [-0.2, -0.15) is 5.10 Å². The van der Waals surface area contributed by atoms with E-state index in [4.69, 9.17) is 5.73 Å². The Hall–Kier alpha value is -2.90. The van der Waals surface area contributed by atoms with Crippen LogP contribution in [-0.4, -0.2) is 38.7 Å². The van der Waals surface area contributed by atoms with Crippen LogP contribution in [-0.2, 0) is 13.1 Å². The molecular formula is C26H30FN5O2. The number of nitrogens with one attached hydrogen (secondary N) is 1. The van der Waals surface area contributed by atoms with Crippen molar-refractivity contribution in [1.82, 2.24) is 20.0 Å². The molecule has 5 aliphatic rings. The molecule has 7 rings (SSSR count). The zero-order chi connectivity index (χ0) is 23.7. The molecule has 1 aliphatic heterocycles. The van der Waals surface area contributed by atoms with Gasteiger partial charge < -0.3 is 16.0 Å². The molecule has 34 heavy (non-hydrogen) atoms. The van der Waals surface area contributed by atoms with E-state index in [0.717, 1.165) is 25.2 Å². The molecule has 5 unspecified atom stereocenters. The van der Waals surface area contributed by atoms with Gasteiger partial charge in [-0.15, -0.1) is 0 Å². The van der Waals surface area contributed by atoms with Crippen LogP contribution in [0, 0.1) is 28.0 Å². The number of halogens is 1. The van der Waals surface area contributed by atoms with Gasteiger partial charge in [-0.3, -0.25) is 9.48 Å². The van der Waals surface area contributed by atoms with Gasteiger partial charge in [0, 0.05) is 17.6 Å². The second-order valence-electron chi connectivity index (χ2n) is 12.1. The van der Waals surface area contributed by atoms with Crippen molar-refractivity contribution in [2.45, 2.75) is 64.6 Å². The van der Waals surface area contributed by atoms with Crippen molar-refractivity contribution in [3.05, 3.63) is 41.3 Å². The number of rotatable bonds is 3. The average Bonchev–Trinajstić information content (AvgIpc) is 3.36. The number of carbonyl (C=O) groups excluding carboxylic acids is 2. The molecule has 2 bridgehead atoms. The molecule has 4 aliphatic carbocycles. The monoisotopic (exact) mass is 463 g/mol. The molecule has 1 aromatic carbocycles. The summed E-state index contributed by atoms with van der Waals surface area (Å²) in [4.78, 5) is 27.7. The van der Waals surface area contributed by atoms with Gasteiger partial charge in [-0.1, -0.05) is 26.0 Å². The van der Waals surface area contributed by atoms with Crippen molar-refractivity contribution >= 4 is 11.9 Å². The molecule has 3 N–H and O–H groups in total. The Morgan fingerprint density at radius 1 is 1.15 bits per heavy atom. The molecule has 178 valence electrons. The summed E-state index contributed by atoms with van der Waals surface area (Å²) < 4.78 is 15.6. The van der Waals surface area contributed by atoms with E-state index in [2.05, 4.69) is 24.3 Å². The lowest BCUT2D eigenvalue weighted by Crippen LogP contribution is -2.72. The van der Waals surface area contributed by atoms with E-state index in [0.29, 0.717) is 46.3 Å². The SMILES string of the molecule is CC12CC3CC4(NC(=O)N5CCn6nc(-c7cccc(F)c7)c(C(N)=O)c6C5)CC(C)(C1)C32C4. The summed E-state index contributed by atoms with van der Waals surface area (Å²) in [6.07, 6.45) is 5.84. The third-order valence-electron chi connectivity index (χ3n) is 10.3. The Bertz CT molecular complexity index is 1290. The van der Waals surface area contributed by atoms with Crippen molar-refractivity contribution in [1.29, 1.82) is 0 Å². The van der Waals surface area contributed by atoms with Gasteiger partial charge in [-0.05, 0) is 66.4 Å². The maximum Gasteiger partial charge on any atom is 0.318 e. The molecule has 2 aromatic rings. The van der Waals surface area contributed by atoms with Crippen LogP contribution in [0.25, 0.3) is 11.3 Å². The third-order valence-corrected chi connectivity index (χ3v) is 10.3. The Morgan fingerprint density at radius 3 is 2.65 bits per heavy atom. The minimum Gasteiger partial charge on any atom is -0.365 e. The number of nitrogens with two attached hydrogens (primary N) is 1. The van der Waals surface area contributed by atoms with E-state index in [1.165, 1.54) is 25.0 Å². The van der Waals surface area contributed by atoms with Gasteiger partial charge in [-0.25, -0.2) is 9.18 Å². The second kappa shape index (κ2) is 6.01. The van der Waals surface area contributed by atoms with Crippen LogP contribution >= 0.6 is 0 Å². The Balaban J connectivity index is 1.15. The standard InChI is InChI=1S/C26H30FN5O2/c1-23-9-16-10-25(13-24(2,12-23)26(16,23)14-25)29-22(34)31-6-7-32-18(11-31)19(21(28)33)20(30-32)15-4-3-5-17(27)8-15/h3-5,8,16H,6-7,9-14H2,1-2H3,(H2,28,33)(H,29,34). The first-order valence-corrected chi connectivity index (χ1v) is 12.3. The van der Waals surface area contributed by atoms with Gasteiger partial charge in [0.05, 0.1) is 24.3 Å². The Morgan fingerprint density at radius 2 is 1.97 bits per heavy atom. The normalized spacial score (nSPS) is 38.6. The Labute approximate surface area is 197 Å². The highest BCUT2D eigenvalue weighted by atomic mass is 19.1. The zero-order valence-electron chi connectivity index (χ0n) is 19.7. The average molecular weight is 464 g/mol. The number of primary amides is 1. The summed E-state index contributed by atoms with van der Waals surface area (Å²) in [7, 11) is 0. The predicted octanol–water partition coefficient (Wildman–Crippen LogP) is 3.67. The smallest absolute Gasteiger partial charge is 0.318 e. The zero-order valence-corrected chi connectivity index (χ0v) is 19.7. The largest absolute Gasteiger partial charge is 0.365 e. The molecule has 7 nitrogen and oxygen atoms in total. The summed E-state index contributed by atoms with van der Waals surface area (Å²) in [5.41, 5.74) is 8.63. The van der Waals surface area contributed by atoms with Gasteiger partial charge in [0.2, 0.25) is 0 Å². The fraction of sp³-hybridized carbons (Fsp3) is 0.577. The number of hydrogen-bond donors (Lipinski definition) is 2. The highest BCUT2D eigenvalue weighted by Crippen LogP contribution is 2.92. The van der Waals surface area contributed by atoms with Crippen LogP contribution in [0.5, 0.6) is 0 Å². The van der Waals surface area contributed by atoms with Gasteiger partial charge in [0.1, 0.15) is 11.5 Å². The highest BCUT2D eigenvalue weighted by Gasteiger charge is 2.87. The predicted molar refractivity (Wildman–Crippen MR) is 123 cm³/mol. The van der Waals surface area contributed by atoms with Crippen molar-refractivity contribution in [3.63, 3.8) is 0 Å². The van der Waals surface area contributed by atoms with Crippen molar-refractivity contribution in [2.75, 3.05) is 6.54 Å². The van der Waals surface area contributed by atoms with E-state index in [-0.39, 0.29) is 23.7 Å². The number of amides is 3. The van der Waals surface area contributed by atoms with E-state index in [1.807, 2.05) is 0 Å². The van der Waals surface area contributed by atoms with E-state index in [9.17, 15) is 14.0 Å². The van der Waals surface area contributed by atoms with E-state index in [1.54, 1.807) is 21.7 Å². The second-order valence-corrected chi connectivity index (χ2v) is 12.1. The topological polar surface area (TPSA) is 93.2 Å². The summed E-state index contributed by atoms with van der Waals surface area (Å²) in [6, 6.07) is 5.92. The van der Waals surface area contributed by atoms with Crippen LogP contribution in [0.4, 0.5) is 9.18 Å². The maximum absolute atomic E-state index is 13.8. The summed E-state index contributed by atoms with van der Waals surface area (Å²) in [6.45, 7) is 6.10. The molecule has 4 saturated carbocycles.